The number of ketones is 1. The summed E-state index contributed by atoms with van der Waals surface area (Å²) in [5.41, 5.74) is -0.354. The predicted octanol–water partition coefficient (Wildman–Crippen LogP) is 3.95. The van der Waals surface area contributed by atoms with Gasteiger partial charge >= 0.3 is 0 Å². The Morgan fingerprint density at radius 3 is 2.26 bits per heavy atom. The number of hydrogen-bond donors (Lipinski definition) is 0. The van der Waals surface area contributed by atoms with Crippen LogP contribution in [0.15, 0.2) is 30.3 Å². The summed E-state index contributed by atoms with van der Waals surface area (Å²) in [6.07, 6.45) is 0. The van der Waals surface area contributed by atoms with E-state index < -0.39 is 28.8 Å². The maximum Gasteiger partial charge on any atom is 0.199 e. The summed E-state index contributed by atoms with van der Waals surface area (Å²) >= 11 is 0. The maximum atomic E-state index is 13.8. The van der Waals surface area contributed by atoms with E-state index in [2.05, 4.69) is 0 Å². The van der Waals surface area contributed by atoms with Crippen LogP contribution in [-0.2, 0) is 0 Å². The second-order valence-corrected chi connectivity index (χ2v) is 4.35. The lowest BCUT2D eigenvalue weighted by atomic mass is 9.99. The van der Waals surface area contributed by atoms with E-state index >= 15 is 0 Å². The van der Waals surface area contributed by atoms with Gasteiger partial charge in [-0.15, -0.1) is 0 Å². The average molecular weight is 264 g/mol. The van der Waals surface area contributed by atoms with Crippen molar-refractivity contribution in [3.05, 3.63) is 70.0 Å². The molecule has 0 radical (unpaired) electrons. The molecular formula is C15H11F3O. The van der Waals surface area contributed by atoms with Gasteiger partial charge in [-0.3, -0.25) is 4.79 Å². The molecule has 0 saturated carbocycles. The highest BCUT2D eigenvalue weighted by atomic mass is 19.1. The third-order valence-corrected chi connectivity index (χ3v) is 2.93. The average Bonchev–Trinajstić information content (AvgIpc) is 2.36. The molecule has 0 N–H and O–H groups in total. The third kappa shape index (κ3) is 2.38. The van der Waals surface area contributed by atoms with E-state index in [0.717, 1.165) is 12.1 Å². The van der Waals surface area contributed by atoms with Gasteiger partial charge in [0, 0.05) is 0 Å². The van der Waals surface area contributed by atoms with Gasteiger partial charge in [0.1, 0.15) is 17.5 Å². The lowest BCUT2D eigenvalue weighted by Gasteiger charge is -2.07. The van der Waals surface area contributed by atoms with Gasteiger partial charge in [-0.1, -0.05) is 12.1 Å². The molecular weight excluding hydrogens is 253 g/mol. The highest BCUT2D eigenvalue weighted by Crippen LogP contribution is 2.20. The molecule has 0 aliphatic heterocycles. The van der Waals surface area contributed by atoms with Gasteiger partial charge in [0.05, 0.1) is 11.1 Å². The summed E-state index contributed by atoms with van der Waals surface area (Å²) in [5, 5.41) is 0. The molecule has 0 heterocycles. The third-order valence-electron chi connectivity index (χ3n) is 2.93. The molecule has 2 rings (SSSR count). The van der Waals surface area contributed by atoms with Crippen molar-refractivity contribution in [3.63, 3.8) is 0 Å². The number of aryl methyl sites for hydroxylation is 2. The zero-order valence-electron chi connectivity index (χ0n) is 10.4. The lowest BCUT2D eigenvalue weighted by Crippen LogP contribution is -2.09. The largest absolute Gasteiger partial charge is 0.288 e. The van der Waals surface area contributed by atoms with Crippen LogP contribution in [0.2, 0.25) is 0 Å². The van der Waals surface area contributed by atoms with Crippen LogP contribution < -0.4 is 0 Å². The van der Waals surface area contributed by atoms with Gasteiger partial charge in [0.2, 0.25) is 0 Å². The second kappa shape index (κ2) is 4.88. The van der Waals surface area contributed by atoms with Gasteiger partial charge in [-0.05, 0) is 43.2 Å². The molecule has 0 amide bonds. The summed E-state index contributed by atoms with van der Waals surface area (Å²) in [7, 11) is 0. The van der Waals surface area contributed by atoms with E-state index in [1.54, 1.807) is 0 Å². The van der Waals surface area contributed by atoms with Crippen molar-refractivity contribution >= 4 is 5.78 Å². The number of benzene rings is 2. The normalized spacial score (nSPS) is 10.6. The highest BCUT2D eigenvalue weighted by molar-refractivity contribution is 6.09. The Labute approximate surface area is 108 Å². The van der Waals surface area contributed by atoms with Crippen molar-refractivity contribution in [1.29, 1.82) is 0 Å². The molecule has 19 heavy (non-hydrogen) atoms. The number of carbonyl (C=O) groups is 1. The van der Waals surface area contributed by atoms with Crippen LogP contribution in [0.5, 0.6) is 0 Å². The van der Waals surface area contributed by atoms with Crippen molar-refractivity contribution in [2.75, 3.05) is 0 Å². The van der Waals surface area contributed by atoms with Crippen LogP contribution in [-0.4, -0.2) is 5.78 Å². The molecule has 0 aliphatic carbocycles. The fourth-order valence-electron chi connectivity index (χ4n) is 1.79. The summed E-state index contributed by atoms with van der Waals surface area (Å²) in [6.45, 7) is 2.89. The van der Waals surface area contributed by atoms with Crippen LogP contribution in [0.1, 0.15) is 27.0 Å². The molecule has 0 saturated heterocycles. The smallest absolute Gasteiger partial charge is 0.199 e. The van der Waals surface area contributed by atoms with Gasteiger partial charge in [0.25, 0.3) is 0 Å². The van der Waals surface area contributed by atoms with Crippen molar-refractivity contribution < 1.29 is 18.0 Å². The number of carbonyl (C=O) groups excluding carboxylic acids is 1. The standard InChI is InChI=1S/C15H11F3O/c1-8-4-3-5-10(14(8)18)15(19)11-7-12(16)9(2)6-13(11)17/h3-7H,1-2H3. The topological polar surface area (TPSA) is 17.1 Å². The Morgan fingerprint density at radius 1 is 0.895 bits per heavy atom. The first-order chi connectivity index (χ1) is 8.91. The molecule has 0 fully saturated rings. The fraction of sp³-hybridized carbons (Fsp3) is 0.133. The van der Waals surface area contributed by atoms with E-state index in [9.17, 15) is 18.0 Å². The Balaban J connectivity index is 2.56. The first-order valence-corrected chi connectivity index (χ1v) is 5.67. The van der Waals surface area contributed by atoms with Crippen molar-refractivity contribution in [1.82, 2.24) is 0 Å². The first-order valence-electron chi connectivity index (χ1n) is 5.67. The minimum Gasteiger partial charge on any atom is -0.288 e. The summed E-state index contributed by atoms with van der Waals surface area (Å²) in [4.78, 5) is 12.1. The zero-order valence-corrected chi connectivity index (χ0v) is 10.4. The molecule has 0 unspecified atom stereocenters. The Morgan fingerprint density at radius 2 is 1.58 bits per heavy atom. The Hall–Kier alpha value is -2.10. The number of rotatable bonds is 2. The number of halogens is 3. The van der Waals surface area contributed by atoms with Crippen molar-refractivity contribution in [2.24, 2.45) is 0 Å². The van der Waals surface area contributed by atoms with Gasteiger partial charge in [0.15, 0.2) is 5.78 Å². The van der Waals surface area contributed by atoms with Crippen LogP contribution in [0.25, 0.3) is 0 Å². The summed E-state index contributed by atoms with van der Waals surface area (Å²) in [5.74, 6) is -3.13. The molecule has 0 atom stereocenters. The molecule has 2 aromatic rings. The van der Waals surface area contributed by atoms with Crippen LogP contribution in [0.3, 0.4) is 0 Å². The molecule has 0 bridgehead atoms. The first kappa shape index (κ1) is 13.3. The van der Waals surface area contributed by atoms with Crippen molar-refractivity contribution in [2.45, 2.75) is 13.8 Å². The minimum absolute atomic E-state index is 0.0961. The monoisotopic (exact) mass is 264 g/mol. The van der Waals surface area contributed by atoms with E-state index in [-0.39, 0.29) is 16.7 Å². The van der Waals surface area contributed by atoms with E-state index in [0.29, 0.717) is 0 Å². The minimum atomic E-state index is -0.863. The molecule has 0 spiro atoms. The molecule has 4 heteroatoms. The quantitative estimate of drug-likeness (QED) is 0.750. The maximum absolute atomic E-state index is 13.8. The number of hydrogen-bond acceptors (Lipinski definition) is 1. The van der Waals surface area contributed by atoms with E-state index in [4.69, 9.17) is 0 Å². The fourth-order valence-corrected chi connectivity index (χ4v) is 1.79. The van der Waals surface area contributed by atoms with E-state index in [1.165, 1.54) is 32.0 Å². The van der Waals surface area contributed by atoms with Crippen LogP contribution in [0, 0.1) is 31.3 Å². The predicted molar refractivity (Wildman–Crippen MR) is 65.7 cm³/mol. The molecule has 98 valence electrons. The molecule has 1 nitrogen and oxygen atoms in total. The molecule has 2 aromatic carbocycles. The van der Waals surface area contributed by atoms with Gasteiger partial charge in [-0.25, -0.2) is 13.2 Å². The van der Waals surface area contributed by atoms with Gasteiger partial charge in [-0.2, -0.15) is 0 Å². The van der Waals surface area contributed by atoms with Crippen LogP contribution in [0.4, 0.5) is 13.2 Å². The Bertz CT molecular complexity index is 663. The highest BCUT2D eigenvalue weighted by Gasteiger charge is 2.20. The summed E-state index contributed by atoms with van der Waals surface area (Å²) < 4.78 is 40.9. The van der Waals surface area contributed by atoms with E-state index in [1.807, 2.05) is 0 Å². The molecule has 0 aromatic heterocycles. The van der Waals surface area contributed by atoms with Gasteiger partial charge < -0.3 is 0 Å². The van der Waals surface area contributed by atoms with Crippen LogP contribution >= 0.6 is 0 Å². The second-order valence-electron chi connectivity index (χ2n) is 4.35. The SMILES string of the molecule is Cc1cc(F)c(C(=O)c2cccc(C)c2F)cc1F. The summed E-state index contributed by atoms with van der Waals surface area (Å²) in [6, 6.07) is 5.97. The molecule has 0 aliphatic rings. The zero-order chi connectivity index (χ0) is 14.2. The Kier molecular flexibility index (Phi) is 3.42. The lowest BCUT2D eigenvalue weighted by molar-refractivity contribution is 0.103. The van der Waals surface area contributed by atoms with Crippen molar-refractivity contribution in [3.8, 4) is 0 Å².